The molecule has 14 nitrogen and oxygen atoms in total. The normalized spacial score (nSPS) is 42.6. The molecule has 1 unspecified atom stereocenters. The maximum atomic E-state index is 14.1. The van der Waals surface area contributed by atoms with Crippen LogP contribution in [-0.4, -0.2) is 124 Å². The quantitative estimate of drug-likeness (QED) is 0.276. The van der Waals surface area contributed by atoms with Crippen molar-refractivity contribution >= 4 is 18.1 Å². The summed E-state index contributed by atoms with van der Waals surface area (Å²) < 4.78 is 36.1. The fourth-order valence-corrected chi connectivity index (χ4v) is 8.27. The number of ether oxygens (including phenoxy) is 6. The SMILES string of the molecule is CC[C@@H]1OC(=O)[C@H](C)[C@@H](OC(=O)Cc2cccnc2)[C@H](C)[C@@H](O[C@@H]2O[C@H](C)C[C@H](N(C)C)[C@H]2O)[C@@](C)(O)C[C@@H](C)C(O)[C@@H](C)[C@H]2OC(=O)O[C@]12C. The average Bonchev–Trinajstić information content (AvgIpc) is 3.38. The molecule has 3 aliphatic heterocycles. The molecule has 14 heteroatoms. The van der Waals surface area contributed by atoms with Gasteiger partial charge in [-0.25, -0.2) is 4.79 Å². The number of rotatable bonds is 7. The van der Waals surface area contributed by atoms with Gasteiger partial charge in [0.15, 0.2) is 18.0 Å². The number of carbonyl (C=O) groups is 3. The molecule has 0 radical (unpaired) electrons. The van der Waals surface area contributed by atoms with Gasteiger partial charge >= 0.3 is 18.1 Å². The smallest absolute Gasteiger partial charge is 0.461 e. The summed E-state index contributed by atoms with van der Waals surface area (Å²) in [5.74, 6) is -4.71. The highest BCUT2D eigenvalue weighted by atomic mass is 16.8. The Balaban J connectivity index is 1.81. The largest absolute Gasteiger partial charge is 0.509 e. The van der Waals surface area contributed by atoms with Gasteiger partial charge in [0.1, 0.15) is 18.3 Å². The highest BCUT2D eigenvalue weighted by molar-refractivity contribution is 5.76. The number of carbonyl (C=O) groups excluding carboxylic acids is 3. The van der Waals surface area contributed by atoms with Crippen LogP contribution in [0.3, 0.4) is 0 Å². The average molecular weight is 723 g/mol. The van der Waals surface area contributed by atoms with Crippen molar-refractivity contribution in [2.24, 2.45) is 23.7 Å². The summed E-state index contributed by atoms with van der Waals surface area (Å²) in [6.07, 6.45) is -5.34. The molecule has 0 bridgehead atoms. The molecular formula is C37H58N2O12. The van der Waals surface area contributed by atoms with Gasteiger partial charge in [0.25, 0.3) is 0 Å². The first-order valence-electron chi connectivity index (χ1n) is 18.0. The first-order chi connectivity index (χ1) is 23.8. The van der Waals surface area contributed by atoms with Crippen LogP contribution < -0.4 is 0 Å². The first-order valence-corrected chi connectivity index (χ1v) is 18.0. The number of hydrogen-bond donors (Lipinski definition) is 3. The molecule has 0 saturated carbocycles. The molecule has 3 N–H and O–H groups in total. The number of hydrogen-bond acceptors (Lipinski definition) is 14. The highest BCUT2D eigenvalue weighted by Gasteiger charge is 2.59. The Kier molecular flexibility index (Phi) is 13.2. The molecule has 1 aromatic heterocycles. The molecule has 4 heterocycles. The van der Waals surface area contributed by atoms with Gasteiger partial charge in [0, 0.05) is 30.3 Å². The third-order valence-corrected chi connectivity index (χ3v) is 11.1. The zero-order chi connectivity index (χ0) is 38.0. The zero-order valence-electron chi connectivity index (χ0n) is 31.6. The molecule has 0 aliphatic carbocycles. The third kappa shape index (κ3) is 9.02. The summed E-state index contributed by atoms with van der Waals surface area (Å²) >= 11 is 0. The maximum absolute atomic E-state index is 14.1. The van der Waals surface area contributed by atoms with Crippen LogP contribution in [0.25, 0.3) is 0 Å². The number of cyclic esters (lactones) is 1. The van der Waals surface area contributed by atoms with Crippen LogP contribution >= 0.6 is 0 Å². The molecule has 51 heavy (non-hydrogen) atoms. The standard InChI is InChI=1S/C37H58N2O12/c1-11-26-37(8)32(50-35(44)51-37)21(4)28(41)19(2)17-36(7,45)31(49-34-29(42)25(39(9)10)15-20(3)46-34)22(5)30(23(6)33(43)47-26)48-27(40)16-24-13-12-14-38-18-24/h12-14,18-23,25-26,28-32,34,41-42,45H,11,15-17H2,1-10H3/t19-,20-,21-,22+,23-,25+,26+,28?,29-,30+,31-,32-,34+,36+,37-/m1/s1. The summed E-state index contributed by atoms with van der Waals surface area (Å²) in [5.41, 5.74) is -2.61. The van der Waals surface area contributed by atoms with E-state index in [-0.39, 0.29) is 31.4 Å². The van der Waals surface area contributed by atoms with E-state index in [4.69, 9.17) is 28.4 Å². The van der Waals surface area contributed by atoms with Crippen molar-refractivity contribution in [2.75, 3.05) is 14.1 Å². The second-order valence-electron chi connectivity index (χ2n) is 15.6. The monoisotopic (exact) mass is 722 g/mol. The minimum absolute atomic E-state index is 0.0341. The molecule has 0 aromatic carbocycles. The van der Waals surface area contributed by atoms with E-state index in [0.29, 0.717) is 12.0 Å². The predicted molar refractivity (Wildman–Crippen MR) is 183 cm³/mol. The van der Waals surface area contributed by atoms with Gasteiger partial charge in [-0.05, 0) is 78.6 Å². The second-order valence-corrected chi connectivity index (χ2v) is 15.6. The molecule has 3 aliphatic rings. The summed E-state index contributed by atoms with van der Waals surface area (Å²) in [7, 11) is 3.69. The Morgan fingerprint density at radius 1 is 1.06 bits per heavy atom. The third-order valence-electron chi connectivity index (χ3n) is 11.1. The first kappa shape index (κ1) is 40.9. The van der Waals surface area contributed by atoms with E-state index in [1.54, 1.807) is 73.0 Å². The van der Waals surface area contributed by atoms with E-state index in [1.165, 1.54) is 0 Å². The number of aliphatic hydroxyl groups excluding tert-OH is 2. The van der Waals surface area contributed by atoms with Gasteiger partial charge in [-0.3, -0.25) is 14.6 Å². The Morgan fingerprint density at radius 3 is 2.35 bits per heavy atom. The van der Waals surface area contributed by atoms with Gasteiger partial charge in [-0.1, -0.05) is 33.8 Å². The fraction of sp³-hybridized carbons (Fsp3) is 0.784. The molecule has 288 valence electrons. The molecule has 4 rings (SSSR count). The Bertz CT molecular complexity index is 1350. The van der Waals surface area contributed by atoms with E-state index in [0.717, 1.165) is 0 Å². The molecule has 3 saturated heterocycles. The van der Waals surface area contributed by atoms with E-state index in [2.05, 4.69) is 4.98 Å². The van der Waals surface area contributed by atoms with Crippen LogP contribution in [-0.2, 0) is 44.4 Å². The number of esters is 2. The number of pyridine rings is 1. The van der Waals surface area contributed by atoms with E-state index in [9.17, 15) is 29.7 Å². The van der Waals surface area contributed by atoms with Crippen molar-refractivity contribution in [2.45, 2.75) is 147 Å². The van der Waals surface area contributed by atoms with Crippen LogP contribution in [0.5, 0.6) is 0 Å². The molecule has 1 aromatic rings. The number of fused-ring (bicyclic) bond motifs is 1. The summed E-state index contributed by atoms with van der Waals surface area (Å²) in [6, 6.07) is 3.10. The number of nitrogens with zero attached hydrogens (tertiary/aromatic N) is 2. The van der Waals surface area contributed by atoms with Crippen LogP contribution in [0.15, 0.2) is 24.5 Å². The highest BCUT2D eigenvalue weighted by Crippen LogP contribution is 2.43. The topological polar surface area (TPSA) is 183 Å². The lowest BCUT2D eigenvalue weighted by Crippen LogP contribution is -2.60. The van der Waals surface area contributed by atoms with E-state index >= 15 is 0 Å². The zero-order valence-corrected chi connectivity index (χ0v) is 31.6. The summed E-state index contributed by atoms with van der Waals surface area (Å²) in [4.78, 5) is 46.2. The van der Waals surface area contributed by atoms with Crippen molar-refractivity contribution in [1.29, 1.82) is 0 Å². The van der Waals surface area contributed by atoms with Gasteiger partial charge in [0.05, 0.1) is 36.3 Å². The van der Waals surface area contributed by atoms with Crippen molar-refractivity contribution < 1.29 is 58.1 Å². The number of aromatic nitrogens is 1. The number of likely N-dealkylation sites (N-methyl/N-ethyl adjacent to an activating group) is 1. The molecule has 0 spiro atoms. The number of aliphatic hydroxyl groups is 3. The van der Waals surface area contributed by atoms with Gasteiger partial charge in [0.2, 0.25) is 0 Å². The lowest BCUT2D eigenvalue weighted by molar-refractivity contribution is -0.300. The van der Waals surface area contributed by atoms with Crippen LogP contribution in [0.2, 0.25) is 0 Å². The molecule has 0 amide bonds. The Morgan fingerprint density at radius 2 is 1.75 bits per heavy atom. The van der Waals surface area contributed by atoms with Crippen LogP contribution in [0, 0.1) is 23.7 Å². The van der Waals surface area contributed by atoms with Crippen molar-refractivity contribution in [1.82, 2.24) is 9.88 Å². The van der Waals surface area contributed by atoms with Gasteiger partial charge in [-0.2, -0.15) is 0 Å². The molecule has 15 atom stereocenters. The summed E-state index contributed by atoms with van der Waals surface area (Å²) in [5, 5.41) is 35.5. The van der Waals surface area contributed by atoms with Crippen LogP contribution in [0.4, 0.5) is 4.79 Å². The van der Waals surface area contributed by atoms with Crippen molar-refractivity contribution in [3.63, 3.8) is 0 Å². The van der Waals surface area contributed by atoms with Crippen molar-refractivity contribution in [3.05, 3.63) is 30.1 Å². The molecule has 3 fully saturated rings. The lowest BCUT2D eigenvalue weighted by atomic mass is 9.73. The fourth-order valence-electron chi connectivity index (χ4n) is 8.27. The van der Waals surface area contributed by atoms with Gasteiger partial charge < -0.3 is 48.6 Å². The van der Waals surface area contributed by atoms with E-state index in [1.807, 2.05) is 25.9 Å². The minimum atomic E-state index is -1.75. The lowest BCUT2D eigenvalue weighted by Gasteiger charge is -2.47. The van der Waals surface area contributed by atoms with Crippen molar-refractivity contribution in [3.8, 4) is 0 Å². The minimum Gasteiger partial charge on any atom is -0.461 e. The Labute approximate surface area is 301 Å². The maximum Gasteiger partial charge on any atom is 0.509 e. The van der Waals surface area contributed by atoms with Gasteiger partial charge in [-0.15, -0.1) is 0 Å². The van der Waals surface area contributed by atoms with E-state index < -0.39 is 95.9 Å². The summed E-state index contributed by atoms with van der Waals surface area (Å²) in [6.45, 7) is 13.5. The molecular weight excluding hydrogens is 664 g/mol. The predicted octanol–water partition coefficient (Wildman–Crippen LogP) is 3.02. The second kappa shape index (κ2) is 16.4. The van der Waals surface area contributed by atoms with Crippen LogP contribution in [0.1, 0.15) is 80.2 Å². The Hall–Kier alpha value is -2.88.